The zero-order valence-electron chi connectivity index (χ0n) is 10.2. The number of aromatic amines is 1. The molecule has 2 N–H and O–H groups in total. The van der Waals surface area contributed by atoms with E-state index in [2.05, 4.69) is 14.7 Å². The zero-order chi connectivity index (χ0) is 14.2. The van der Waals surface area contributed by atoms with Crippen LogP contribution in [-0.2, 0) is 10.0 Å². The van der Waals surface area contributed by atoms with Crippen molar-refractivity contribution in [3.8, 4) is 0 Å². The van der Waals surface area contributed by atoms with Crippen LogP contribution < -0.4 is 4.72 Å². The van der Waals surface area contributed by atoms with Crippen molar-refractivity contribution in [3.05, 3.63) is 39.8 Å². The maximum atomic E-state index is 12.1. The highest BCUT2D eigenvalue weighted by atomic mass is 35.5. The van der Waals surface area contributed by atoms with Gasteiger partial charge in [-0.2, -0.15) is 8.42 Å². The number of aromatic nitrogens is 2. The van der Waals surface area contributed by atoms with Crippen molar-refractivity contribution < 1.29 is 8.42 Å². The number of H-pyrrole nitrogens is 1. The van der Waals surface area contributed by atoms with Crippen LogP contribution in [0.25, 0.3) is 0 Å². The van der Waals surface area contributed by atoms with Crippen molar-refractivity contribution >= 4 is 38.9 Å². The van der Waals surface area contributed by atoms with E-state index >= 15 is 0 Å². The Bertz CT molecular complexity index is 726. The molecular formula is C11H11Cl2N3O2S. The van der Waals surface area contributed by atoms with Gasteiger partial charge in [-0.3, -0.25) is 4.72 Å². The van der Waals surface area contributed by atoms with Gasteiger partial charge < -0.3 is 4.98 Å². The van der Waals surface area contributed by atoms with Crippen LogP contribution in [0.5, 0.6) is 0 Å². The van der Waals surface area contributed by atoms with E-state index in [1.54, 1.807) is 26.0 Å². The van der Waals surface area contributed by atoms with Crippen LogP contribution in [0.15, 0.2) is 23.4 Å². The first-order valence-corrected chi connectivity index (χ1v) is 7.54. The van der Waals surface area contributed by atoms with Crippen molar-refractivity contribution in [3.63, 3.8) is 0 Å². The molecule has 0 atom stereocenters. The number of nitrogens with one attached hydrogen (secondary N) is 2. The van der Waals surface area contributed by atoms with E-state index in [-0.39, 0.29) is 20.8 Å². The van der Waals surface area contributed by atoms with Gasteiger partial charge in [0, 0.05) is 0 Å². The molecule has 1 aromatic heterocycles. The fourth-order valence-electron chi connectivity index (χ4n) is 1.47. The van der Waals surface area contributed by atoms with Crippen molar-refractivity contribution in [2.45, 2.75) is 18.9 Å². The highest BCUT2D eigenvalue weighted by molar-refractivity contribution is 7.92. The van der Waals surface area contributed by atoms with E-state index in [9.17, 15) is 8.42 Å². The summed E-state index contributed by atoms with van der Waals surface area (Å²) in [5.74, 6) is 0.502. The molecule has 0 aliphatic carbocycles. The second kappa shape index (κ2) is 5.03. The Hall–Kier alpha value is -1.24. The normalized spacial score (nSPS) is 11.6. The van der Waals surface area contributed by atoms with Crippen molar-refractivity contribution in [1.82, 2.24) is 9.97 Å². The van der Waals surface area contributed by atoms with Gasteiger partial charge in [0.15, 0.2) is 5.03 Å². The topological polar surface area (TPSA) is 74.8 Å². The predicted molar refractivity (Wildman–Crippen MR) is 75.3 cm³/mol. The van der Waals surface area contributed by atoms with Crippen LogP contribution >= 0.6 is 23.2 Å². The number of nitrogens with zero attached hydrogens (tertiary/aromatic N) is 1. The molecule has 8 heteroatoms. The van der Waals surface area contributed by atoms with Gasteiger partial charge in [0.2, 0.25) is 0 Å². The second-order valence-corrected chi connectivity index (χ2v) is 6.43. The van der Waals surface area contributed by atoms with Crippen LogP contribution in [0.4, 0.5) is 5.69 Å². The average molecular weight is 320 g/mol. The number of aryl methyl sites for hydroxylation is 2. The highest BCUT2D eigenvalue weighted by Gasteiger charge is 2.20. The monoisotopic (exact) mass is 319 g/mol. The number of halogens is 2. The molecule has 2 rings (SSSR count). The van der Waals surface area contributed by atoms with Crippen molar-refractivity contribution in [1.29, 1.82) is 0 Å². The van der Waals surface area contributed by atoms with Gasteiger partial charge in [-0.1, -0.05) is 29.3 Å². The molecule has 0 saturated heterocycles. The molecule has 0 fully saturated rings. The molecule has 1 heterocycles. The lowest BCUT2D eigenvalue weighted by atomic mass is 10.2. The molecule has 0 amide bonds. The summed E-state index contributed by atoms with van der Waals surface area (Å²) in [5, 5.41) is 0.460. The Kier molecular flexibility index (Phi) is 3.75. The summed E-state index contributed by atoms with van der Waals surface area (Å²) < 4.78 is 26.6. The van der Waals surface area contributed by atoms with E-state index in [1.807, 2.05) is 0 Å². The van der Waals surface area contributed by atoms with Gasteiger partial charge in [0.25, 0.3) is 10.0 Å². The number of anilines is 1. The molecule has 0 saturated carbocycles. The Balaban J connectivity index is 2.44. The standard InChI is InChI=1S/C11H11Cl2N3O2S/c1-6-3-4-8(12)11(10(6)13)16-19(17,18)9-5-14-7(2)15-9/h3-5,16H,1-2H3,(H,14,15). The predicted octanol–water partition coefficient (Wildman–Crippen LogP) is 3.13. The van der Waals surface area contributed by atoms with Gasteiger partial charge >= 0.3 is 0 Å². The van der Waals surface area contributed by atoms with Gasteiger partial charge in [0.05, 0.1) is 21.9 Å². The Morgan fingerprint density at radius 3 is 2.53 bits per heavy atom. The summed E-state index contributed by atoms with van der Waals surface area (Å²) in [7, 11) is -3.79. The Morgan fingerprint density at radius 2 is 1.95 bits per heavy atom. The van der Waals surface area contributed by atoms with Crippen LogP contribution in [0.1, 0.15) is 11.4 Å². The molecule has 0 unspecified atom stereocenters. The molecule has 0 bridgehead atoms. The molecule has 1 aromatic carbocycles. The maximum Gasteiger partial charge on any atom is 0.279 e. The second-order valence-electron chi connectivity index (χ2n) is 3.99. The molecule has 0 radical (unpaired) electrons. The summed E-state index contributed by atoms with van der Waals surface area (Å²) in [6.45, 7) is 3.42. The molecule has 0 aliphatic rings. The lowest BCUT2D eigenvalue weighted by molar-refractivity contribution is 0.598. The third-order valence-corrected chi connectivity index (χ3v) is 4.55. The molecule has 0 spiro atoms. The number of imidazole rings is 1. The smallest absolute Gasteiger partial charge is 0.279 e. The third kappa shape index (κ3) is 2.86. The summed E-state index contributed by atoms with van der Waals surface area (Å²) in [4.78, 5) is 6.49. The van der Waals surface area contributed by atoms with E-state index in [0.717, 1.165) is 5.56 Å². The minimum Gasteiger partial charge on any atom is -0.332 e. The largest absolute Gasteiger partial charge is 0.332 e. The minimum atomic E-state index is -3.79. The molecule has 0 aliphatic heterocycles. The summed E-state index contributed by atoms with van der Waals surface area (Å²) in [5.41, 5.74) is 0.889. The van der Waals surface area contributed by atoms with Gasteiger partial charge in [0.1, 0.15) is 5.82 Å². The SMILES string of the molecule is Cc1ncc(S(=O)(=O)Nc2c(Cl)ccc(C)c2Cl)[nH]1. The summed E-state index contributed by atoms with van der Waals surface area (Å²) >= 11 is 12.0. The fourth-order valence-corrected chi connectivity index (χ4v) is 3.12. The first-order chi connectivity index (χ1) is 8.81. The Labute approximate surface area is 121 Å². The maximum absolute atomic E-state index is 12.1. The average Bonchev–Trinajstić information content (AvgIpc) is 2.77. The number of hydrogen-bond donors (Lipinski definition) is 2. The van der Waals surface area contributed by atoms with Crippen LogP contribution in [0.2, 0.25) is 10.0 Å². The van der Waals surface area contributed by atoms with Gasteiger partial charge in [-0.05, 0) is 25.5 Å². The molecule has 2 aromatic rings. The summed E-state index contributed by atoms with van der Waals surface area (Å²) in [6.07, 6.45) is 1.23. The van der Waals surface area contributed by atoms with Gasteiger partial charge in [-0.25, -0.2) is 4.98 Å². The fraction of sp³-hybridized carbons (Fsp3) is 0.182. The van der Waals surface area contributed by atoms with Crippen molar-refractivity contribution in [2.75, 3.05) is 4.72 Å². The van der Waals surface area contributed by atoms with Crippen LogP contribution in [-0.4, -0.2) is 18.4 Å². The highest BCUT2D eigenvalue weighted by Crippen LogP contribution is 2.34. The quantitative estimate of drug-likeness (QED) is 0.912. The number of sulfonamides is 1. The Morgan fingerprint density at radius 1 is 1.26 bits per heavy atom. The summed E-state index contributed by atoms with van der Waals surface area (Å²) in [6, 6.07) is 3.29. The number of rotatable bonds is 3. The lowest BCUT2D eigenvalue weighted by Gasteiger charge is -2.11. The minimum absolute atomic E-state index is 0.0429. The molecule has 102 valence electrons. The van der Waals surface area contributed by atoms with E-state index in [1.165, 1.54) is 6.20 Å². The van der Waals surface area contributed by atoms with Crippen molar-refractivity contribution in [2.24, 2.45) is 0 Å². The first kappa shape index (κ1) is 14.2. The molecule has 19 heavy (non-hydrogen) atoms. The van der Waals surface area contributed by atoms with Gasteiger partial charge in [-0.15, -0.1) is 0 Å². The molecular weight excluding hydrogens is 309 g/mol. The number of hydrogen-bond acceptors (Lipinski definition) is 3. The van der Waals surface area contributed by atoms with Crippen LogP contribution in [0.3, 0.4) is 0 Å². The molecule has 5 nitrogen and oxygen atoms in total. The lowest BCUT2D eigenvalue weighted by Crippen LogP contribution is -2.14. The van der Waals surface area contributed by atoms with E-state index in [4.69, 9.17) is 23.2 Å². The van der Waals surface area contributed by atoms with Crippen LogP contribution in [0, 0.1) is 13.8 Å². The van der Waals surface area contributed by atoms with E-state index < -0.39 is 10.0 Å². The first-order valence-electron chi connectivity index (χ1n) is 5.30. The third-order valence-electron chi connectivity index (χ3n) is 2.49. The zero-order valence-corrected chi connectivity index (χ0v) is 12.5. The number of benzene rings is 1. The van der Waals surface area contributed by atoms with E-state index in [0.29, 0.717) is 5.82 Å².